The molecule has 0 saturated carbocycles. The van der Waals surface area contributed by atoms with Crippen LogP contribution in [0.1, 0.15) is 37.3 Å². The summed E-state index contributed by atoms with van der Waals surface area (Å²) in [6.07, 6.45) is 1.18. The Morgan fingerprint density at radius 3 is 2.47 bits per heavy atom. The SMILES string of the molecule is CCC(C)c1ccc(CSC(N)=[NH2+])cc1. The quantitative estimate of drug-likeness (QED) is 0.600. The molecule has 0 radical (unpaired) electrons. The smallest absolute Gasteiger partial charge is 0.282 e. The zero-order chi connectivity index (χ0) is 11.3. The molecule has 0 aromatic heterocycles. The minimum atomic E-state index is 0.431. The number of amidine groups is 1. The molecule has 1 aromatic carbocycles. The highest BCUT2D eigenvalue weighted by atomic mass is 32.2. The molecule has 0 fully saturated rings. The summed E-state index contributed by atoms with van der Waals surface area (Å²) >= 11 is 1.48. The fraction of sp³-hybridized carbons (Fsp3) is 0.417. The lowest BCUT2D eigenvalue weighted by atomic mass is 9.98. The van der Waals surface area contributed by atoms with Crippen LogP contribution in [-0.2, 0) is 5.75 Å². The predicted octanol–water partition coefficient (Wildman–Crippen LogP) is 1.51. The van der Waals surface area contributed by atoms with Gasteiger partial charge in [0.25, 0.3) is 5.17 Å². The maximum Gasteiger partial charge on any atom is 0.300 e. The fourth-order valence-corrected chi connectivity index (χ4v) is 1.87. The van der Waals surface area contributed by atoms with Gasteiger partial charge in [-0.25, -0.2) is 0 Å². The lowest BCUT2D eigenvalue weighted by Gasteiger charge is -2.09. The van der Waals surface area contributed by atoms with E-state index in [2.05, 4.69) is 38.1 Å². The lowest BCUT2D eigenvalue weighted by Crippen LogP contribution is -2.43. The van der Waals surface area contributed by atoms with Gasteiger partial charge >= 0.3 is 0 Å². The van der Waals surface area contributed by atoms with Gasteiger partial charge in [-0.2, -0.15) is 0 Å². The number of thioether (sulfide) groups is 1. The average Bonchev–Trinajstić information content (AvgIpc) is 2.26. The molecule has 0 aliphatic heterocycles. The first-order valence-corrected chi connectivity index (χ1v) is 6.21. The molecule has 3 heteroatoms. The second-order valence-corrected chi connectivity index (χ2v) is 4.79. The van der Waals surface area contributed by atoms with Crippen LogP contribution in [0, 0.1) is 0 Å². The fourth-order valence-electron chi connectivity index (χ4n) is 1.34. The molecule has 0 aliphatic carbocycles. The molecule has 2 nitrogen and oxygen atoms in total. The molecule has 0 bridgehead atoms. The van der Waals surface area contributed by atoms with E-state index in [9.17, 15) is 0 Å². The summed E-state index contributed by atoms with van der Waals surface area (Å²) in [7, 11) is 0. The molecule has 1 atom stereocenters. The number of nitrogens with two attached hydrogens (primary N) is 2. The topological polar surface area (TPSA) is 51.6 Å². The maximum absolute atomic E-state index is 5.40. The number of hydrogen-bond acceptors (Lipinski definition) is 1. The summed E-state index contributed by atoms with van der Waals surface area (Å²) < 4.78 is 0. The Morgan fingerprint density at radius 1 is 1.40 bits per heavy atom. The predicted molar refractivity (Wildman–Crippen MR) is 67.6 cm³/mol. The van der Waals surface area contributed by atoms with E-state index in [-0.39, 0.29) is 0 Å². The molecule has 0 amide bonds. The molecule has 0 heterocycles. The molecule has 0 saturated heterocycles. The zero-order valence-electron chi connectivity index (χ0n) is 9.36. The highest BCUT2D eigenvalue weighted by Crippen LogP contribution is 2.20. The third-order valence-corrected chi connectivity index (χ3v) is 3.38. The highest BCUT2D eigenvalue weighted by Gasteiger charge is 2.03. The van der Waals surface area contributed by atoms with E-state index in [0.29, 0.717) is 11.1 Å². The molecule has 1 rings (SSSR count). The van der Waals surface area contributed by atoms with Crippen molar-refractivity contribution in [3.8, 4) is 0 Å². The summed E-state index contributed by atoms with van der Waals surface area (Å²) in [4.78, 5) is 0. The summed E-state index contributed by atoms with van der Waals surface area (Å²) in [5.41, 5.74) is 8.06. The van der Waals surface area contributed by atoms with Crippen LogP contribution >= 0.6 is 11.8 Å². The van der Waals surface area contributed by atoms with Crippen LogP contribution in [0.15, 0.2) is 24.3 Å². The van der Waals surface area contributed by atoms with Crippen LogP contribution in [0.5, 0.6) is 0 Å². The number of hydrogen-bond donors (Lipinski definition) is 2. The Hall–Kier alpha value is -0.960. The summed E-state index contributed by atoms with van der Waals surface area (Å²) in [5, 5.41) is 5.83. The Bertz CT molecular complexity index is 319. The van der Waals surface area contributed by atoms with Crippen molar-refractivity contribution in [2.24, 2.45) is 5.73 Å². The summed E-state index contributed by atoms with van der Waals surface area (Å²) in [5.74, 6) is 1.49. The molecule has 0 aliphatic rings. The Labute approximate surface area is 95.8 Å². The van der Waals surface area contributed by atoms with Gasteiger partial charge in [-0.3, -0.25) is 11.1 Å². The zero-order valence-corrected chi connectivity index (χ0v) is 10.2. The van der Waals surface area contributed by atoms with E-state index in [1.807, 2.05) is 0 Å². The molecule has 0 spiro atoms. The normalized spacial score (nSPS) is 12.4. The van der Waals surface area contributed by atoms with Crippen LogP contribution in [0.4, 0.5) is 0 Å². The first-order valence-electron chi connectivity index (χ1n) is 5.23. The summed E-state index contributed by atoms with van der Waals surface area (Å²) in [6, 6.07) is 8.68. The van der Waals surface area contributed by atoms with Gasteiger partial charge in [-0.05, 0) is 35.2 Å². The summed E-state index contributed by atoms with van der Waals surface area (Å²) in [6.45, 7) is 4.45. The molecule has 15 heavy (non-hydrogen) atoms. The van der Waals surface area contributed by atoms with E-state index < -0.39 is 0 Å². The van der Waals surface area contributed by atoms with Crippen molar-refractivity contribution in [2.45, 2.75) is 31.9 Å². The molecular formula is C12H19N2S+. The first kappa shape index (κ1) is 12.1. The second kappa shape index (κ2) is 5.81. The van der Waals surface area contributed by atoms with E-state index in [0.717, 1.165) is 5.75 Å². The first-order chi connectivity index (χ1) is 7.13. The van der Waals surface area contributed by atoms with Crippen molar-refractivity contribution in [3.05, 3.63) is 35.4 Å². The van der Waals surface area contributed by atoms with E-state index in [1.165, 1.54) is 29.3 Å². The van der Waals surface area contributed by atoms with Crippen LogP contribution in [0.2, 0.25) is 0 Å². The van der Waals surface area contributed by atoms with Crippen molar-refractivity contribution < 1.29 is 5.41 Å². The van der Waals surface area contributed by atoms with Gasteiger partial charge in [0.15, 0.2) is 0 Å². The van der Waals surface area contributed by atoms with Gasteiger partial charge in [0.1, 0.15) is 0 Å². The van der Waals surface area contributed by atoms with Crippen LogP contribution in [0.25, 0.3) is 0 Å². The van der Waals surface area contributed by atoms with Crippen molar-refractivity contribution in [1.29, 1.82) is 0 Å². The van der Waals surface area contributed by atoms with Gasteiger partial charge < -0.3 is 0 Å². The van der Waals surface area contributed by atoms with Gasteiger partial charge in [-0.1, -0.05) is 38.1 Å². The molecule has 1 unspecified atom stereocenters. The van der Waals surface area contributed by atoms with Gasteiger partial charge in [-0.15, -0.1) is 0 Å². The largest absolute Gasteiger partial charge is 0.300 e. The van der Waals surface area contributed by atoms with Gasteiger partial charge in [0.2, 0.25) is 0 Å². The van der Waals surface area contributed by atoms with Crippen molar-refractivity contribution >= 4 is 16.9 Å². The standard InChI is InChI=1S/C12H18N2S/c1-3-9(2)11-6-4-10(5-7-11)8-15-12(13)14/h4-7,9H,3,8H2,1-2H3,(H3,13,14)/p+1. The number of rotatable bonds is 4. The maximum atomic E-state index is 5.40. The third kappa shape index (κ3) is 3.96. The highest BCUT2D eigenvalue weighted by molar-refractivity contribution is 8.12. The van der Waals surface area contributed by atoms with Crippen LogP contribution in [0.3, 0.4) is 0 Å². The Kier molecular flexibility index (Phi) is 4.69. The van der Waals surface area contributed by atoms with Crippen molar-refractivity contribution in [1.82, 2.24) is 0 Å². The molecule has 1 aromatic rings. The minimum absolute atomic E-state index is 0.431. The Morgan fingerprint density at radius 2 is 2.00 bits per heavy atom. The van der Waals surface area contributed by atoms with E-state index >= 15 is 0 Å². The van der Waals surface area contributed by atoms with Crippen molar-refractivity contribution in [2.75, 3.05) is 0 Å². The minimum Gasteiger partial charge on any atom is -0.282 e. The second-order valence-electron chi connectivity index (χ2n) is 3.74. The van der Waals surface area contributed by atoms with Gasteiger partial charge in [0, 0.05) is 5.75 Å². The number of benzene rings is 1. The van der Waals surface area contributed by atoms with Crippen LogP contribution < -0.4 is 11.1 Å². The van der Waals surface area contributed by atoms with E-state index in [4.69, 9.17) is 11.1 Å². The van der Waals surface area contributed by atoms with Crippen molar-refractivity contribution in [3.63, 3.8) is 0 Å². The average molecular weight is 223 g/mol. The van der Waals surface area contributed by atoms with E-state index in [1.54, 1.807) is 0 Å². The third-order valence-electron chi connectivity index (χ3n) is 2.57. The molecular weight excluding hydrogens is 204 g/mol. The van der Waals surface area contributed by atoms with Gasteiger partial charge in [0.05, 0.1) is 0 Å². The van der Waals surface area contributed by atoms with Crippen LogP contribution in [-0.4, -0.2) is 5.17 Å². The monoisotopic (exact) mass is 223 g/mol. The molecule has 82 valence electrons. The molecule has 4 N–H and O–H groups in total. The Balaban J connectivity index is 2.60. The lowest BCUT2D eigenvalue weighted by molar-refractivity contribution is -0.110.